The monoisotopic (exact) mass is 391 g/mol. The van der Waals surface area contributed by atoms with Crippen molar-refractivity contribution in [3.8, 4) is 17.6 Å². The summed E-state index contributed by atoms with van der Waals surface area (Å²) in [4.78, 5) is 11.9. The zero-order valence-electron chi connectivity index (χ0n) is 16.1. The molecule has 0 heterocycles. The van der Waals surface area contributed by atoms with Crippen LogP contribution in [0.2, 0.25) is 0 Å². The number of nitrogens with zero attached hydrogens (tertiary/aromatic N) is 1. The second-order valence-electron chi connectivity index (χ2n) is 5.34. The van der Waals surface area contributed by atoms with E-state index in [4.69, 9.17) is 28.9 Å². The number of nitriles is 1. The lowest BCUT2D eigenvalue weighted by atomic mass is 10.1. The van der Waals surface area contributed by atoms with Crippen LogP contribution in [0.3, 0.4) is 0 Å². The molecule has 0 spiro atoms. The number of carbonyl (C=O) groups excluding carboxylic acids is 1. The Morgan fingerprint density at radius 1 is 1.11 bits per heavy atom. The third kappa shape index (κ3) is 9.19. The maximum absolute atomic E-state index is 11.9. The number of esters is 1. The van der Waals surface area contributed by atoms with Crippen LogP contribution in [-0.2, 0) is 23.7 Å². The van der Waals surface area contributed by atoms with Gasteiger partial charge in [0.05, 0.1) is 40.1 Å². The molecule has 28 heavy (non-hydrogen) atoms. The second kappa shape index (κ2) is 14.2. The van der Waals surface area contributed by atoms with E-state index in [2.05, 4.69) is 0 Å². The Labute approximate surface area is 164 Å². The van der Waals surface area contributed by atoms with Crippen LogP contribution in [0.15, 0.2) is 35.9 Å². The molecule has 0 aliphatic carbocycles. The molecule has 0 atom stereocenters. The molecule has 0 aliphatic rings. The van der Waals surface area contributed by atoms with E-state index < -0.39 is 5.97 Å². The van der Waals surface area contributed by atoms with E-state index in [0.29, 0.717) is 32.2 Å². The fourth-order valence-electron chi connectivity index (χ4n) is 1.94. The van der Waals surface area contributed by atoms with Crippen molar-refractivity contribution in [1.29, 1.82) is 5.26 Å². The summed E-state index contributed by atoms with van der Waals surface area (Å²) in [7, 11) is 3.04. The highest BCUT2D eigenvalue weighted by Gasteiger charge is 2.09. The van der Waals surface area contributed by atoms with Crippen molar-refractivity contribution in [1.82, 2.24) is 0 Å². The predicted molar refractivity (Wildman–Crippen MR) is 102 cm³/mol. The van der Waals surface area contributed by atoms with E-state index >= 15 is 0 Å². The van der Waals surface area contributed by atoms with Gasteiger partial charge in [-0.05, 0) is 23.8 Å². The SMILES string of the molecule is COCCOCCOCCOC(=O)C(C#N)=C/C=C/c1ccc(O)c(OC)c1. The molecule has 0 saturated carbocycles. The number of hydrogen-bond donors (Lipinski definition) is 1. The van der Waals surface area contributed by atoms with Gasteiger partial charge in [-0.1, -0.05) is 18.2 Å². The van der Waals surface area contributed by atoms with E-state index in [1.54, 1.807) is 37.5 Å². The smallest absolute Gasteiger partial charge is 0.348 e. The fourth-order valence-corrected chi connectivity index (χ4v) is 1.94. The predicted octanol–water partition coefficient (Wildman–Crippen LogP) is 2.09. The number of phenolic OH excluding ortho intramolecular Hbond substituents is 1. The Hall–Kier alpha value is -2.86. The molecule has 0 amide bonds. The number of rotatable bonds is 13. The third-order valence-electron chi connectivity index (χ3n) is 3.36. The highest BCUT2D eigenvalue weighted by molar-refractivity contribution is 5.93. The van der Waals surface area contributed by atoms with Crippen LogP contribution in [0.5, 0.6) is 11.5 Å². The van der Waals surface area contributed by atoms with Gasteiger partial charge in [-0.15, -0.1) is 0 Å². The maximum atomic E-state index is 11.9. The van der Waals surface area contributed by atoms with Crippen molar-refractivity contribution in [2.75, 3.05) is 53.9 Å². The summed E-state index contributed by atoms with van der Waals surface area (Å²) in [6.07, 6.45) is 4.56. The molecule has 8 heteroatoms. The van der Waals surface area contributed by atoms with E-state index in [0.717, 1.165) is 5.56 Å². The number of aromatic hydroxyl groups is 1. The molecule has 0 bridgehead atoms. The summed E-state index contributed by atoms with van der Waals surface area (Å²) < 4.78 is 25.3. The first-order chi connectivity index (χ1) is 13.6. The molecule has 0 aliphatic heterocycles. The molecule has 0 radical (unpaired) electrons. The highest BCUT2D eigenvalue weighted by Crippen LogP contribution is 2.26. The van der Waals surface area contributed by atoms with Crippen molar-refractivity contribution in [3.05, 3.63) is 41.5 Å². The van der Waals surface area contributed by atoms with E-state index in [1.165, 1.54) is 19.3 Å². The molecule has 152 valence electrons. The van der Waals surface area contributed by atoms with Gasteiger partial charge in [0.15, 0.2) is 11.5 Å². The van der Waals surface area contributed by atoms with Crippen LogP contribution >= 0.6 is 0 Å². The van der Waals surface area contributed by atoms with E-state index in [-0.39, 0.29) is 24.5 Å². The van der Waals surface area contributed by atoms with Crippen molar-refractivity contribution < 1.29 is 33.6 Å². The Morgan fingerprint density at radius 3 is 2.43 bits per heavy atom. The molecular weight excluding hydrogens is 366 g/mol. The van der Waals surface area contributed by atoms with Crippen LogP contribution < -0.4 is 4.74 Å². The summed E-state index contributed by atoms with van der Waals surface area (Å²) in [5.74, 6) is -0.370. The summed E-state index contributed by atoms with van der Waals surface area (Å²) >= 11 is 0. The Bertz CT molecular complexity index is 707. The lowest BCUT2D eigenvalue weighted by molar-refractivity contribution is -0.140. The number of hydrogen-bond acceptors (Lipinski definition) is 8. The maximum Gasteiger partial charge on any atom is 0.348 e. The third-order valence-corrected chi connectivity index (χ3v) is 3.36. The molecule has 0 aromatic heterocycles. The molecule has 1 N–H and O–H groups in total. The molecule has 1 rings (SSSR count). The van der Waals surface area contributed by atoms with Gasteiger partial charge in [-0.25, -0.2) is 4.79 Å². The number of benzene rings is 1. The zero-order valence-corrected chi connectivity index (χ0v) is 16.1. The summed E-state index contributed by atoms with van der Waals surface area (Å²) in [5, 5.41) is 18.6. The van der Waals surface area contributed by atoms with Gasteiger partial charge in [-0.3, -0.25) is 0 Å². The molecule has 0 saturated heterocycles. The highest BCUT2D eigenvalue weighted by atomic mass is 16.6. The van der Waals surface area contributed by atoms with Gasteiger partial charge < -0.3 is 28.8 Å². The Morgan fingerprint density at radius 2 is 1.79 bits per heavy atom. The van der Waals surface area contributed by atoms with Gasteiger partial charge in [0.25, 0.3) is 0 Å². The first-order valence-electron chi connectivity index (χ1n) is 8.59. The second-order valence-corrected chi connectivity index (χ2v) is 5.34. The first kappa shape index (κ1) is 23.2. The zero-order chi connectivity index (χ0) is 20.6. The Balaban J connectivity index is 2.37. The quantitative estimate of drug-likeness (QED) is 0.179. The minimum Gasteiger partial charge on any atom is -0.504 e. The van der Waals surface area contributed by atoms with Crippen LogP contribution in [0.1, 0.15) is 5.56 Å². The largest absolute Gasteiger partial charge is 0.504 e. The summed E-state index contributed by atoms with van der Waals surface area (Å²) in [5.41, 5.74) is 0.600. The van der Waals surface area contributed by atoms with Gasteiger partial charge in [-0.2, -0.15) is 5.26 Å². The minimum absolute atomic E-state index is 0.0280. The van der Waals surface area contributed by atoms with Crippen LogP contribution in [-0.4, -0.2) is 64.9 Å². The van der Waals surface area contributed by atoms with Gasteiger partial charge in [0, 0.05) is 7.11 Å². The number of phenols is 1. The van der Waals surface area contributed by atoms with Crippen LogP contribution in [0.4, 0.5) is 0 Å². The fraction of sp³-hybridized carbons (Fsp3) is 0.400. The average Bonchev–Trinajstić information content (AvgIpc) is 2.71. The number of methoxy groups -OCH3 is 2. The van der Waals surface area contributed by atoms with Crippen molar-refractivity contribution in [2.45, 2.75) is 0 Å². The van der Waals surface area contributed by atoms with Crippen molar-refractivity contribution in [2.24, 2.45) is 0 Å². The lowest BCUT2D eigenvalue weighted by Crippen LogP contribution is -2.14. The number of ether oxygens (including phenoxy) is 5. The molecule has 1 aromatic rings. The summed E-state index contributed by atoms with van der Waals surface area (Å²) in [6.45, 7) is 2.07. The van der Waals surface area contributed by atoms with E-state index in [1.807, 2.05) is 0 Å². The number of carbonyl (C=O) groups is 1. The minimum atomic E-state index is -0.726. The van der Waals surface area contributed by atoms with Crippen molar-refractivity contribution in [3.63, 3.8) is 0 Å². The number of allylic oxidation sites excluding steroid dienone is 2. The lowest BCUT2D eigenvalue weighted by Gasteiger charge is -2.06. The van der Waals surface area contributed by atoms with Crippen LogP contribution in [0.25, 0.3) is 6.08 Å². The molecule has 0 fully saturated rings. The van der Waals surface area contributed by atoms with Crippen molar-refractivity contribution >= 4 is 12.0 Å². The molecule has 1 aromatic carbocycles. The first-order valence-corrected chi connectivity index (χ1v) is 8.59. The Kier molecular flexibility index (Phi) is 11.8. The molecule has 8 nitrogen and oxygen atoms in total. The average molecular weight is 391 g/mol. The van der Waals surface area contributed by atoms with Gasteiger partial charge in [0.1, 0.15) is 18.2 Å². The van der Waals surface area contributed by atoms with Gasteiger partial charge in [0.2, 0.25) is 0 Å². The standard InChI is InChI=1S/C20H25NO7/c1-24-8-9-26-10-11-27-12-13-28-20(23)17(15-21)5-3-4-16-6-7-18(22)19(14-16)25-2/h3-7,14,22H,8-13H2,1-2H3/b4-3+,17-5?. The molecular formula is C20H25NO7. The molecule has 0 unspecified atom stereocenters. The normalized spacial score (nSPS) is 11.4. The van der Waals surface area contributed by atoms with Gasteiger partial charge >= 0.3 is 5.97 Å². The van der Waals surface area contributed by atoms with Crippen LogP contribution in [0, 0.1) is 11.3 Å². The summed E-state index contributed by atoms with van der Waals surface area (Å²) in [6, 6.07) is 6.58. The topological polar surface area (TPSA) is 107 Å². The van der Waals surface area contributed by atoms with E-state index in [9.17, 15) is 9.90 Å².